The number of pyridine rings is 2. The van der Waals surface area contributed by atoms with Gasteiger partial charge in [0.15, 0.2) is 0 Å². The van der Waals surface area contributed by atoms with Crippen LogP contribution in [-0.2, 0) is 30.7 Å². The first-order valence-electron chi connectivity index (χ1n) is 10.2. The van der Waals surface area contributed by atoms with Crippen LogP contribution >= 0.6 is 11.8 Å². The average Bonchev–Trinajstić information content (AvgIpc) is 3.34. The normalized spacial score (nSPS) is 19.2. The van der Waals surface area contributed by atoms with Gasteiger partial charge >= 0.3 is 0 Å². The van der Waals surface area contributed by atoms with Crippen molar-refractivity contribution in [1.82, 2.24) is 9.55 Å². The summed E-state index contributed by atoms with van der Waals surface area (Å²) in [5.74, 6) is 1.07. The smallest absolute Gasteiger partial charge is 0.254 e. The second kappa shape index (κ2) is 6.03. The molecule has 1 aliphatic carbocycles. The zero-order valence-electron chi connectivity index (χ0n) is 16.2. The lowest BCUT2D eigenvalue weighted by atomic mass is 9.83. The molecule has 0 spiro atoms. The number of fused-ring (bicyclic) bond motifs is 7. The minimum Gasteiger partial charge on any atom is -0.326 e. The molecule has 2 N–H and O–H groups in total. The number of nitrogens with zero attached hydrogens (tertiary/aromatic N) is 2. The molecule has 146 valence electrons. The van der Waals surface area contributed by atoms with Crippen molar-refractivity contribution < 1.29 is 4.79 Å². The average molecular weight is 404 g/mol. The van der Waals surface area contributed by atoms with E-state index in [1.807, 2.05) is 29.3 Å². The van der Waals surface area contributed by atoms with Crippen LogP contribution in [0, 0.1) is 0 Å². The van der Waals surface area contributed by atoms with E-state index in [1.54, 1.807) is 0 Å². The minimum absolute atomic E-state index is 0.0291. The number of hydrogen-bond donors (Lipinski definition) is 1. The number of thioether (sulfide) groups is 1. The van der Waals surface area contributed by atoms with E-state index in [-0.39, 0.29) is 17.3 Å². The molecular formula is C23H21N3O2S. The van der Waals surface area contributed by atoms with Gasteiger partial charge in [-0.15, -0.1) is 11.8 Å². The number of ketones is 1. The van der Waals surface area contributed by atoms with E-state index in [2.05, 4.69) is 12.1 Å². The van der Waals surface area contributed by atoms with Crippen molar-refractivity contribution in [3.8, 4) is 11.4 Å². The molecule has 6 heteroatoms. The Labute approximate surface area is 172 Å². The summed E-state index contributed by atoms with van der Waals surface area (Å²) >= 11 is 1.88. The van der Waals surface area contributed by atoms with Gasteiger partial charge in [-0.05, 0) is 41.7 Å². The van der Waals surface area contributed by atoms with Crippen molar-refractivity contribution >= 4 is 28.4 Å². The lowest BCUT2D eigenvalue weighted by Crippen LogP contribution is -2.30. The molecule has 0 amide bonds. The summed E-state index contributed by atoms with van der Waals surface area (Å²) < 4.78 is 1.84. The Morgan fingerprint density at radius 1 is 1.21 bits per heavy atom. The largest absolute Gasteiger partial charge is 0.326 e. The van der Waals surface area contributed by atoms with Gasteiger partial charge in [-0.2, -0.15) is 0 Å². The molecule has 1 aromatic carbocycles. The van der Waals surface area contributed by atoms with Crippen LogP contribution in [0.25, 0.3) is 22.3 Å². The Hall–Kier alpha value is -2.44. The van der Waals surface area contributed by atoms with Crippen LogP contribution in [0.1, 0.15) is 47.1 Å². The Bertz CT molecular complexity index is 1310. The molecule has 29 heavy (non-hydrogen) atoms. The van der Waals surface area contributed by atoms with Gasteiger partial charge in [-0.3, -0.25) is 9.59 Å². The van der Waals surface area contributed by atoms with Crippen LogP contribution in [0.4, 0.5) is 0 Å². The van der Waals surface area contributed by atoms with Crippen LogP contribution in [0.15, 0.2) is 27.9 Å². The van der Waals surface area contributed by atoms with E-state index >= 15 is 0 Å². The highest BCUT2D eigenvalue weighted by atomic mass is 32.2. The number of hydrogen-bond acceptors (Lipinski definition) is 5. The lowest BCUT2D eigenvalue weighted by molar-refractivity contribution is -0.120. The zero-order chi connectivity index (χ0) is 19.9. The molecule has 6 rings (SSSR count). The van der Waals surface area contributed by atoms with Crippen LogP contribution in [0.2, 0.25) is 0 Å². The minimum atomic E-state index is -0.226. The highest BCUT2D eigenvalue weighted by Crippen LogP contribution is 2.43. The summed E-state index contributed by atoms with van der Waals surface area (Å²) in [6.45, 7) is 2.85. The fourth-order valence-corrected chi connectivity index (χ4v) is 6.46. The van der Waals surface area contributed by atoms with E-state index in [0.29, 0.717) is 25.9 Å². The Balaban J connectivity index is 1.66. The number of carbonyl (C=O) groups excluding carboxylic acids is 1. The maximum atomic E-state index is 13.3. The zero-order valence-corrected chi connectivity index (χ0v) is 17.1. The first-order chi connectivity index (χ1) is 14.1. The van der Waals surface area contributed by atoms with Gasteiger partial charge in [0.2, 0.25) is 0 Å². The van der Waals surface area contributed by atoms with Crippen molar-refractivity contribution in [2.75, 3.05) is 5.75 Å². The second-order valence-electron chi connectivity index (χ2n) is 8.21. The summed E-state index contributed by atoms with van der Waals surface area (Å²) in [6.07, 6.45) is 2.07. The molecule has 4 heterocycles. The van der Waals surface area contributed by atoms with E-state index in [0.717, 1.165) is 51.3 Å². The Morgan fingerprint density at radius 3 is 2.90 bits per heavy atom. The number of rotatable bonds is 1. The van der Waals surface area contributed by atoms with Crippen molar-refractivity contribution in [3.63, 3.8) is 0 Å². The predicted molar refractivity (Wildman–Crippen MR) is 115 cm³/mol. The van der Waals surface area contributed by atoms with Gasteiger partial charge in [0, 0.05) is 46.0 Å². The molecule has 0 saturated heterocycles. The highest BCUT2D eigenvalue weighted by molar-refractivity contribution is 7.99. The molecule has 1 atom stereocenters. The van der Waals surface area contributed by atoms with E-state index < -0.39 is 0 Å². The Kier molecular flexibility index (Phi) is 3.62. The summed E-state index contributed by atoms with van der Waals surface area (Å²) in [7, 11) is 0. The number of nitrogens with two attached hydrogens (primary N) is 1. The van der Waals surface area contributed by atoms with Gasteiger partial charge in [0.25, 0.3) is 5.56 Å². The number of Topliss-reactive ketones (excluding diaryl/α,β-unsaturated/α-hetero) is 1. The van der Waals surface area contributed by atoms with Gasteiger partial charge in [0.05, 0.1) is 23.4 Å². The van der Waals surface area contributed by atoms with Crippen LogP contribution in [0.5, 0.6) is 0 Å². The van der Waals surface area contributed by atoms with Crippen molar-refractivity contribution in [2.24, 2.45) is 5.73 Å². The van der Waals surface area contributed by atoms with Gasteiger partial charge in [0.1, 0.15) is 5.78 Å². The number of aromatic nitrogens is 2. The van der Waals surface area contributed by atoms with Crippen LogP contribution in [-0.4, -0.2) is 21.1 Å². The fraction of sp³-hybridized carbons (Fsp3) is 0.348. The summed E-state index contributed by atoms with van der Waals surface area (Å²) in [5.41, 5.74) is 14.1. The molecule has 3 aromatic rings. The van der Waals surface area contributed by atoms with Crippen LogP contribution in [0.3, 0.4) is 0 Å². The molecule has 0 radical (unpaired) electrons. The molecule has 0 bridgehead atoms. The Morgan fingerprint density at radius 2 is 2.07 bits per heavy atom. The monoisotopic (exact) mass is 403 g/mol. The third-order valence-corrected chi connectivity index (χ3v) is 7.95. The third kappa shape index (κ3) is 2.24. The SMILES string of the molecule is CC1C(=O)CCc2c1cc1n(c2=O)Cc2c-1nc1ccc3c(c1c2CN)SCC3. The van der Waals surface area contributed by atoms with Crippen molar-refractivity contribution in [3.05, 3.63) is 56.4 Å². The molecule has 2 aliphatic heterocycles. The summed E-state index contributed by atoms with van der Waals surface area (Å²) in [5, 5.41) is 1.17. The predicted octanol–water partition coefficient (Wildman–Crippen LogP) is 3.15. The molecule has 2 aromatic heterocycles. The van der Waals surface area contributed by atoms with E-state index in [4.69, 9.17) is 10.7 Å². The lowest BCUT2D eigenvalue weighted by Gasteiger charge is -2.22. The number of aryl methyl sites for hydroxylation is 1. The maximum absolute atomic E-state index is 13.3. The topological polar surface area (TPSA) is 78.0 Å². The van der Waals surface area contributed by atoms with Crippen LogP contribution < -0.4 is 11.3 Å². The summed E-state index contributed by atoms with van der Waals surface area (Å²) in [6, 6.07) is 6.29. The van der Waals surface area contributed by atoms with Crippen molar-refractivity contribution in [2.45, 2.75) is 50.1 Å². The van der Waals surface area contributed by atoms with Gasteiger partial charge < -0.3 is 10.3 Å². The van der Waals surface area contributed by atoms with E-state index in [9.17, 15) is 9.59 Å². The van der Waals surface area contributed by atoms with Crippen molar-refractivity contribution in [1.29, 1.82) is 0 Å². The van der Waals surface area contributed by atoms with Gasteiger partial charge in [-0.1, -0.05) is 13.0 Å². The fourth-order valence-electron chi connectivity index (χ4n) is 5.21. The standard InChI is InChI=1S/C23H21N3O2S/c1-11-14-8-18-21-16(10-26(18)23(28)13(14)3-5-19(11)27)15(9-24)20-17(25-21)4-2-12-6-7-29-22(12)20/h2,4,8,11H,3,5-7,9-10,24H2,1H3. The summed E-state index contributed by atoms with van der Waals surface area (Å²) in [4.78, 5) is 31.9. The molecule has 0 saturated carbocycles. The highest BCUT2D eigenvalue weighted by Gasteiger charge is 2.33. The molecule has 1 unspecified atom stereocenters. The second-order valence-corrected chi connectivity index (χ2v) is 9.32. The van der Waals surface area contributed by atoms with Gasteiger partial charge in [-0.25, -0.2) is 4.98 Å². The molecular weight excluding hydrogens is 382 g/mol. The van der Waals surface area contributed by atoms with E-state index in [1.165, 1.54) is 15.8 Å². The molecule has 5 nitrogen and oxygen atoms in total. The third-order valence-electron chi connectivity index (χ3n) is 6.79. The number of carbonyl (C=O) groups is 1. The number of benzene rings is 1. The quantitative estimate of drug-likeness (QED) is 0.528. The molecule has 3 aliphatic rings. The first-order valence-corrected chi connectivity index (χ1v) is 11.2. The maximum Gasteiger partial charge on any atom is 0.254 e. The molecule has 0 fully saturated rings. The first kappa shape index (κ1) is 17.4.